The molecule has 0 bridgehead atoms. The van der Waals surface area contributed by atoms with Crippen molar-refractivity contribution in [1.29, 1.82) is 0 Å². The predicted octanol–water partition coefficient (Wildman–Crippen LogP) is 3.86. The molecule has 2 unspecified atom stereocenters. The second-order valence-electron chi connectivity index (χ2n) is 7.25. The summed E-state index contributed by atoms with van der Waals surface area (Å²) in [6.45, 7) is 8.51. The lowest BCUT2D eigenvalue weighted by Gasteiger charge is -2.40. The SMILES string of the molecule is Cc1c(F)cc(C(N)=O)cc1NC1CC(C)CC(C)(C)C1. The van der Waals surface area contributed by atoms with Crippen LogP contribution in [0.4, 0.5) is 10.1 Å². The van der Waals surface area contributed by atoms with Gasteiger partial charge < -0.3 is 11.1 Å². The topological polar surface area (TPSA) is 55.1 Å². The minimum absolute atomic E-state index is 0.212. The summed E-state index contributed by atoms with van der Waals surface area (Å²) in [5.41, 5.74) is 6.98. The molecule has 2 rings (SSSR count). The number of anilines is 1. The van der Waals surface area contributed by atoms with Crippen molar-refractivity contribution in [3.63, 3.8) is 0 Å². The highest BCUT2D eigenvalue weighted by Gasteiger charge is 2.32. The highest BCUT2D eigenvalue weighted by molar-refractivity contribution is 5.94. The van der Waals surface area contributed by atoms with Crippen LogP contribution in [0.1, 0.15) is 56.0 Å². The van der Waals surface area contributed by atoms with Crippen molar-refractivity contribution in [2.75, 3.05) is 5.32 Å². The summed E-state index contributed by atoms with van der Waals surface area (Å²) < 4.78 is 13.9. The van der Waals surface area contributed by atoms with Gasteiger partial charge in [0.1, 0.15) is 5.82 Å². The molecule has 4 heteroatoms. The second-order valence-corrected chi connectivity index (χ2v) is 7.25. The van der Waals surface area contributed by atoms with E-state index < -0.39 is 11.7 Å². The Morgan fingerprint density at radius 2 is 2.05 bits per heavy atom. The molecule has 1 aromatic rings. The minimum Gasteiger partial charge on any atom is -0.382 e. The number of primary amides is 1. The van der Waals surface area contributed by atoms with E-state index >= 15 is 0 Å². The summed E-state index contributed by atoms with van der Waals surface area (Å²) in [5, 5.41) is 3.42. The Morgan fingerprint density at radius 3 is 2.62 bits per heavy atom. The molecule has 3 nitrogen and oxygen atoms in total. The van der Waals surface area contributed by atoms with Gasteiger partial charge in [-0.2, -0.15) is 0 Å². The smallest absolute Gasteiger partial charge is 0.248 e. The number of benzene rings is 1. The zero-order valence-electron chi connectivity index (χ0n) is 13.3. The van der Waals surface area contributed by atoms with Crippen molar-refractivity contribution in [1.82, 2.24) is 0 Å². The van der Waals surface area contributed by atoms with Gasteiger partial charge in [-0.15, -0.1) is 0 Å². The molecule has 0 saturated heterocycles. The number of hydrogen-bond acceptors (Lipinski definition) is 2. The number of hydrogen-bond donors (Lipinski definition) is 2. The molecular formula is C17H25FN2O. The summed E-state index contributed by atoms with van der Waals surface area (Å²) in [7, 11) is 0. The van der Waals surface area contributed by atoms with E-state index in [-0.39, 0.29) is 11.0 Å². The Morgan fingerprint density at radius 1 is 1.38 bits per heavy atom. The number of amides is 1. The van der Waals surface area contributed by atoms with Crippen LogP contribution in [-0.4, -0.2) is 11.9 Å². The fourth-order valence-electron chi connectivity index (χ4n) is 3.65. The van der Waals surface area contributed by atoms with Gasteiger partial charge in [-0.3, -0.25) is 4.79 Å². The van der Waals surface area contributed by atoms with Gasteiger partial charge in [-0.05, 0) is 49.7 Å². The van der Waals surface area contributed by atoms with Gasteiger partial charge in [-0.1, -0.05) is 20.8 Å². The maximum atomic E-state index is 13.9. The van der Waals surface area contributed by atoms with Crippen molar-refractivity contribution < 1.29 is 9.18 Å². The molecule has 1 aliphatic rings. The highest BCUT2D eigenvalue weighted by atomic mass is 19.1. The van der Waals surface area contributed by atoms with Crippen LogP contribution >= 0.6 is 0 Å². The van der Waals surface area contributed by atoms with Crippen molar-refractivity contribution in [2.45, 2.75) is 53.0 Å². The van der Waals surface area contributed by atoms with Gasteiger partial charge in [-0.25, -0.2) is 4.39 Å². The Bertz CT molecular complexity index is 554. The zero-order valence-corrected chi connectivity index (χ0v) is 13.3. The molecule has 1 fully saturated rings. The van der Waals surface area contributed by atoms with Crippen molar-refractivity contribution in [2.24, 2.45) is 17.1 Å². The minimum atomic E-state index is -0.603. The molecule has 3 N–H and O–H groups in total. The van der Waals surface area contributed by atoms with Crippen LogP contribution < -0.4 is 11.1 Å². The quantitative estimate of drug-likeness (QED) is 0.888. The lowest BCUT2D eigenvalue weighted by atomic mass is 9.70. The standard InChI is InChI=1S/C17H25FN2O/c1-10-5-13(9-17(3,4)8-10)20-15-7-12(16(19)21)6-14(18)11(15)2/h6-7,10,13,20H,5,8-9H2,1-4H3,(H2,19,21). The highest BCUT2D eigenvalue weighted by Crippen LogP contribution is 2.39. The van der Waals surface area contributed by atoms with Crippen molar-refractivity contribution >= 4 is 11.6 Å². The number of rotatable bonds is 3. The van der Waals surface area contributed by atoms with E-state index in [4.69, 9.17) is 5.73 Å². The zero-order chi connectivity index (χ0) is 15.8. The molecule has 0 heterocycles. The predicted molar refractivity (Wildman–Crippen MR) is 83.9 cm³/mol. The van der Waals surface area contributed by atoms with E-state index in [9.17, 15) is 9.18 Å². The van der Waals surface area contributed by atoms with Gasteiger partial charge in [0.25, 0.3) is 0 Å². The fourth-order valence-corrected chi connectivity index (χ4v) is 3.65. The summed E-state index contributed by atoms with van der Waals surface area (Å²) in [6, 6.07) is 3.16. The van der Waals surface area contributed by atoms with E-state index in [1.165, 1.54) is 12.5 Å². The van der Waals surface area contributed by atoms with E-state index in [0.717, 1.165) is 12.8 Å². The molecule has 1 aromatic carbocycles. The molecule has 0 aliphatic heterocycles. The van der Waals surface area contributed by atoms with Crippen LogP contribution in [0.25, 0.3) is 0 Å². The molecule has 2 atom stereocenters. The molecule has 1 saturated carbocycles. The Balaban J connectivity index is 2.24. The normalized spacial score (nSPS) is 24.6. The molecule has 21 heavy (non-hydrogen) atoms. The van der Waals surface area contributed by atoms with Crippen LogP contribution in [0.5, 0.6) is 0 Å². The van der Waals surface area contributed by atoms with E-state index in [1.807, 2.05) is 0 Å². The van der Waals surface area contributed by atoms with Gasteiger partial charge >= 0.3 is 0 Å². The third-order valence-corrected chi connectivity index (χ3v) is 4.38. The third-order valence-electron chi connectivity index (χ3n) is 4.38. The monoisotopic (exact) mass is 292 g/mol. The first-order valence-corrected chi connectivity index (χ1v) is 7.54. The van der Waals surface area contributed by atoms with E-state index in [1.54, 1.807) is 13.0 Å². The van der Waals surface area contributed by atoms with Crippen LogP contribution in [0.3, 0.4) is 0 Å². The number of carbonyl (C=O) groups excluding carboxylic acids is 1. The molecule has 1 aliphatic carbocycles. The molecule has 0 spiro atoms. The molecule has 0 radical (unpaired) electrons. The summed E-state index contributed by atoms with van der Waals surface area (Å²) in [6.07, 6.45) is 3.31. The van der Waals surface area contributed by atoms with Gasteiger partial charge in [0.15, 0.2) is 0 Å². The maximum absolute atomic E-state index is 13.9. The average molecular weight is 292 g/mol. The number of nitrogens with one attached hydrogen (secondary N) is 1. The first kappa shape index (κ1) is 15.8. The van der Waals surface area contributed by atoms with Crippen molar-refractivity contribution in [3.05, 3.63) is 29.1 Å². The molecule has 0 aromatic heterocycles. The Hall–Kier alpha value is -1.58. The fraction of sp³-hybridized carbons (Fsp3) is 0.588. The lowest BCUT2D eigenvalue weighted by Crippen LogP contribution is -2.35. The number of nitrogens with two attached hydrogens (primary N) is 1. The Labute approximate surface area is 126 Å². The van der Waals surface area contributed by atoms with Crippen LogP contribution in [0.2, 0.25) is 0 Å². The van der Waals surface area contributed by atoms with Crippen molar-refractivity contribution in [3.8, 4) is 0 Å². The third kappa shape index (κ3) is 3.74. The molecule has 1 amide bonds. The number of halogens is 1. The largest absolute Gasteiger partial charge is 0.382 e. The molecule has 116 valence electrons. The number of carbonyl (C=O) groups is 1. The summed E-state index contributed by atoms with van der Waals surface area (Å²) in [5.74, 6) is -0.359. The van der Waals surface area contributed by atoms with Crippen LogP contribution in [0.15, 0.2) is 12.1 Å². The summed E-state index contributed by atoms with van der Waals surface area (Å²) >= 11 is 0. The maximum Gasteiger partial charge on any atom is 0.248 e. The van der Waals surface area contributed by atoms with E-state index in [2.05, 4.69) is 26.1 Å². The first-order chi connectivity index (χ1) is 9.68. The second kappa shape index (κ2) is 5.66. The summed E-state index contributed by atoms with van der Waals surface area (Å²) in [4.78, 5) is 11.3. The van der Waals surface area contributed by atoms with E-state index in [0.29, 0.717) is 23.2 Å². The molecular weight excluding hydrogens is 267 g/mol. The van der Waals surface area contributed by atoms with Gasteiger partial charge in [0.2, 0.25) is 5.91 Å². The Kier molecular flexibility index (Phi) is 4.26. The van der Waals surface area contributed by atoms with Gasteiger partial charge in [0.05, 0.1) is 0 Å². The first-order valence-electron chi connectivity index (χ1n) is 7.54. The van der Waals surface area contributed by atoms with Crippen LogP contribution in [-0.2, 0) is 0 Å². The average Bonchev–Trinajstić information content (AvgIpc) is 2.31. The van der Waals surface area contributed by atoms with Gasteiger partial charge in [0, 0.05) is 22.9 Å². The van der Waals surface area contributed by atoms with Crippen LogP contribution in [0, 0.1) is 24.1 Å². The lowest BCUT2D eigenvalue weighted by molar-refractivity contribution is 0.1000.